The van der Waals surface area contributed by atoms with Gasteiger partial charge in [-0.15, -0.1) is 0 Å². The Morgan fingerprint density at radius 3 is 1.47 bits per heavy atom. The third kappa shape index (κ3) is 6.02. The highest BCUT2D eigenvalue weighted by Gasteiger charge is 2.31. The highest BCUT2D eigenvalue weighted by Crippen LogP contribution is 2.27. The van der Waals surface area contributed by atoms with Crippen molar-refractivity contribution in [1.82, 2.24) is 0 Å². The lowest BCUT2D eigenvalue weighted by molar-refractivity contribution is -0.163. The molecular formula is C13H24O6. The molecule has 6 nitrogen and oxygen atoms in total. The zero-order valence-corrected chi connectivity index (χ0v) is 12.0. The van der Waals surface area contributed by atoms with Crippen LogP contribution in [0.25, 0.3) is 0 Å². The fourth-order valence-corrected chi connectivity index (χ4v) is 1.39. The van der Waals surface area contributed by atoms with E-state index in [1.165, 1.54) is 13.8 Å². The van der Waals surface area contributed by atoms with E-state index in [0.717, 1.165) is 0 Å². The molecule has 0 aliphatic rings. The van der Waals surface area contributed by atoms with Crippen LogP contribution in [0.4, 0.5) is 0 Å². The van der Waals surface area contributed by atoms with E-state index < -0.39 is 29.6 Å². The van der Waals surface area contributed by atoms with Crippen LogP contribution in [0.5, 0.6) is 0 Å². The molecule has 0 radical (unpaired) electrons. The summed E-state index contributed by atoms with van der Waals surface area (Å²) < 4.78 is 10.0. The van der Waals surface area contributed by atoms with Crippen molar-refractivity contribution in [1.29, 1.82) is 0 Å². The minimum atomic E-state index is -1.17. The third-order valence-corrected chi connectivity index (χ3v) is 3.22. The lowest BCUT2D eigenvalue weighted by Gasteiger charge is -2.30. The number of aliphatic hydroxyl groups excluding tert-OH is 2. The number of hydrogen-bond donors (Lipinski definition) is 2. The zero-order chi connectivity index (χ0) is 15.1. The summed E-state index contributed by atoms with van der Waals surface area (Å²) in [6.45, 7) is 6.59. The number of ether oxygens (including phenoxy) is 2. The molecule has 0 aromatic carbocycles. The molecule has 0 rings (SSSR count). The predicted molar refractivity (Wildman–Crippen MR) is 68.3 cm³/mol. The number of carbonyl (C=O) groups is 2. The van der Waals surface area contributed by atoms with Crippen LogP contribution in [0.2, 0.25) is 0 Å². The molecule has 2 atom stereocenters. The summed E-state index contributed by atoms with van der Waals surface area (Å²) in [6.07, 6.45) is -1.06. The van der Waals surface area contributed by atoms with E-state index in [1.54, 1.807) is 0 Å². The topological polar surface area (TPSA) is 93.1 Å². The first-order valence-corrected chi connectivity index (χ1v) is 6.47. The Balaban J connectivity index is 4.49. The van der Waals surface area contributed by atoms with Crippen LogP contribution in [-0.2, 0) is 19.1 Å². The van der Waals surface area contributed by atoms with E-state index in [9.17, 15) is 9.59 Å². The summed E-state index contributed by atoms with van der Waals surface area (Å²) in [5.74, 6) is -1.40. The molecule has 0 amide bonds. The minimum absolute atomic E-state index is 0.0663. The Morgan fingerprint density at radius 2 is 1.26 bits per heavy atom. The molecule has 0 aliphatic carbocycles. The standard InChI is InChI=1S/C13H24O6/c1-5-13(6-2,7-18-11(16)9(3)14)8-19-12(17)10(4)15/h9-10,14-15H,5-8H2,1-4H3. The van der Waals surface area contributed by atoms with Crippen molar-refractivity contribution < 1.29 is 29.3 Å². The number of esters is 2. The molecule has 0 saturated heterocycles. The first kappa shape index (κ1) is 17.9. The van der Waals surface area contributed by atoms with Gasteiger partial charge >= 0.3 is 11.9 Å². The predicted octanol–water partition coefficient (Wildman–Crippen LogP) is 0.641. The van der Waals surface area contributed by atoms with E-state index in [4.69, 9.17) is 19.7 Å². The van der Waals surface area contributed by atoms with Gasteiger partial charge in [-0.05, 0) is 26.7 Å². The van der Waals surface area contributed by atoms with Gasteiger partial charge in [-0.1, -0.05) is 13.8 Å². The molecule has 0 fully saturated rings. The second kappa shape index (κ2) is 8.12. The molecule has 0 heterocycles. The summed E-state index contributed by atoms with van der Waals surface area (Å²) >= 11 is 0. The molecule has 2 unspecified atom stereocenters. The van der Waals surface area contributed by atoms with E-state index in [1.807, 2.05) is 13.8 Å². The van der Waals surface area contributed by atoms with Crippen molar-refractivity contribution in [3.63, 3.8) is 0 Å². The number of carbonyl (C=O) groups excluding carboxylic acids is 2. The Hall–Kier alpha value is -1.14. The molecule has 2 N–H and O–H groups in total. The van der Waals surface area contributed by atoms with Gasteiger partial charge in [0.2, 0.25) is 0 Å². The van der Waals surface area contributed by atoms with Crippen LogP contribution in [0.3, 0.4) is 0 Å². The summed E-state index contributed by atoms with van der Waals surface area (Å²) in [5.41, 5.74) is -0.491. The minimum Gasteiger partial charge on any atom is -0.463 e. The van der Waals surface area contributed by atoms with Crippen LogP contribution >= 0.6 is 0 Å². The van der Waals surface area contributed by atoms with Gasteiger partial charge in [-0.2, -0.15) is 0 Å². The smallest absolute Gasteiger partial charge is 0.334 e. The van der Waals surface area contributed by atoms with Crippen molar-refractivity contribution in [2.75, 3.05) is 13.2 Å². The van der Waals surface area contributed by atoms with E-state index in [-0.39, 0.29) is 13.2 Å². The molecule has 0 aromatic rings. The summed E-state index contributed by atoms with van der Waals surface area (Å²) in [5, 5.41) is 18.1. The Kier molecular flexibility index (Phi) is 7.63. The fourth-order valence-electron chi connectivity index (χ4n) is 1.39. The molecule has 6 heteroatoms. The van der Waals surface area contributed by atoms with Gasteiger partial charge in [0.05, 0.1) is 0 Å². The maximum Gasteiger partial charge on any atom is 0.334 e. The molecule has 0 aliphatic heterocycles. The third-order valence-electron chi connectivity index (χ3n) is 3.22. The van der Waals surface area contributed by atoms with Gasteiger partial charge in [-0.25, -0.2) is 9.59 Å². The van der Waals surface area contributed by atoms with Crippen LogP contribution in [-0.4, -0.2) is 47.6 Å². The van der Waals surface area contributed by atoms with Crippen molar-refractivity contribution in [2.45, 2.75) is 52.7 Å². The van der Waals surface area contributed by atoms with E-state index in [0.29, 0.717) is 12.8 Å². The fraction of sp³-hybridized carbons (Fsp3) is 0.846. The van der Waals surface area contributed by atoms with Crippen molar-refractivity contribution in [2.24, 2.45) is 5.41 Å². The second-order valence-electron chi connectivity index (χ2n) is 4.77. The zero-order valence-electron chi connectivity index (χ0n) is 12.0. The van der Waals surface area contributed by atoms with Gasteiger partial charge in [0.25, 0.3) is 0 Å². The highest BCUT2D eigenvalue weighted by molar-refractivity contribution is 5.74. The first-order chi connectivity index (χ1) is 8.78. The van der Waals surface area contributed by atoms with Gasteiger partial charge in [0.15, 0.2) is 0 Å². The average molecular weight is 276 g/mol. The lowest BCUT2D eigenvalue weighted by Crippen LogP contribution is -2.36. The van der Waals surface area contributed by atoms with Crippen molar-refractivity contribution >= 4 is 11.9 Å². The quantitative estimate of drug-likeness (QED) is 0.632. The first-order valence-electron chi connectivity index (χ1n) is 6.47. The van der Waals surface area contributed by atoms with Crippen LogP contribution in [0.15, 0.2) is 0 Å². The van der Waals surface area contributed by atoms with Gasteiger partial charge in [-0.3, -0.25) is 0 Å². The summed E-state index contributed by atoms with van der Waals surface area (Å²) in [4.78, 5) is 22.5. The maximum absolute atomic E-state index is 11.2. The molecule has 19 heavy (non-hydrogen) atoms. The van der Waals surface area contributed by atoms with Crippen LogP contribution in [0.1, 0.15) is 40.5 Å². The summed E-state index contributed by atoms with van der Waals surface area (Å²) in [7, 11) is 0. The molecule has 112 valence electrons. The largest absolute Gasteiger partial charge is 0.463 e. The number of aliphatic hydroxyl groups is 2. The number of rotatable bonds is 8. The Labute approximate surface area is 113 Å². The van der Waals surface area contributed by atoms with Crippen molar-refractivity contribution in [3.05, 3.63) is 0 Å². The van der Waals surface area contributed by atoms with Gasteiger partial charge in [0, 0.05) is 5.41 Å². The lowest BCUT2D eigenvalue weighted by atomic mass is 9.84. The van der Waals surface area contributed by atoms with Gasteiger partial charge in [0.1, 0.15) is 25.4 Å². The Morgan fingerprint density at radius 1 is 0.947 bits per heavy atom. The monoisotopic (exact) mass is 276 g/mol. The highest BCUT2D eigenvalue weighted by atomic mass is 16.6. The maximum atomic E-state index is 11.2. The van der Waals surface area contributed by atoms with Crippen LogP contribution in [0, 0.1) is 5.41 Å². The Bertz CT molecular complexity index is 268. The average Bonchev–Trinajstić information content (AvgIpc) is 2.38. The normalized spacial score (nSPS) is 14.6. The second-order valence-corrected chi connectivity index (χ2v) is 4.77. The van der Waals surface area contributed by atoms with E-state index >= 15 is 0 Å². The molecule has 0 saturated carbocycles. The van der Waals surface area contributed by atoms with Gasteiger partial charge < -0.3 is 19.7 Å². The van der Waals surface area contributed by atoms with E-state index in [2.05, 4.69) is 0 Å². The van der Waals surface area contributed by atoms with Crippen LogP contribution < -0.4 is 0 Å². The SMILES string of the molecule is CCC(CC)(COC(=O)C(C)O)COC(=O)C(C)O. The molecule has 0 bridgehead atoms. The van der Waals surface area contributed by atoms with Crippen molar-refractivity contribution in [3.8, 4) is 0 Å². The molecule has 0 spiro atoms. The molecule has 0 aromatic heterocycles. The number of hydrogen-bond acceptors (Lipinski definition) is 6. The molecular weight excluding hydrogens is 252 g/mol. The summed E-state index contributed by atoms with van der Waals surface area (Å²) in [6, 6.07) is 0.